The van der Waals surface area contributed by atoms with E-state index in [1.807, 2.05) is 0 Å². The maximum absolute atomic E-state index is 9.68. The molecule has 0 bridgehead atoms. The highest BCUT2D eigenvalue weighted by Gasteiger charge is 2.43. The molecule has 2 rings (SSSR count). The Balaban J connectivity index is 1.86. The number of nitrogens with zero attached hydrogens (tertiary/aromatic N) is 2. The standard InChI is InChI=1S/C17H31N3/c1-4-15-7-10-20(12-15)11-8-16-6-5-9-17(16,13-18)19-14(2)3/h14-16,19H,4-12H2,1-3H3. The fourth-order valence-electron chi connectivity index (χ4n) is 4.14. The molecule has 1 saturated heterocycles. The van der Waals surface area contributed by atoms with Gasteiger partial charge in [0.15, 0.2) is 0 Å². The predicted octanol–water partition coefficient (Wildman–Crippen LogP) is 3.17. The fraction of sp³-hybridized carbons (Fsp3) is 0.941. The molecule has 1 N–H and O–H groups in total. The molecule has 2 aliphatic rings. The van der Waals surface area contributed by atoms with Gasteiger partial charge in [-0.25, -0.2) is 0 Å². The van der Waals surface area contributed by atoms with Crippen molar-refractivity contribution in [2.75, 3.05) is 19.6 Å². The molecule has 0 aromatic heterocycles. The molecule has 1 aliphatic heterocycles. The molecule has 3 atom stereocenters. The third kappa shape index (κ3) is 3.54. The van der Waals surface area contributed by atoms with Gasteiger partial charge in [0.05, 0.1) is 6.07 Å². The Kier molecular flexibility index (Phi) is 5.46. The summed E-state index contributed by atoms with van der Waals surface area (Å²) in [5.74, 6) is 1.45. The second-order valence-electron chi connectivity index (χ2n) is 7.12. The maximum atomic E-state index is 9.68. The van der Waals surface area contributed by atoms with Crippen LogP contribution in [-0.2, 0) is 0 Å². The van der Waals surface area contributed by atoms with Crippen molar-refractivity contribution in [1.29, 1.82) is 5.26 Å². The summed E-state index contributed by atoms with van der Waals surface area (Å²) in [5.41, 5.74) is -0.252. The zero-order chi connectivity index (χ0) is 14.6. The third-order valence-corrected chi connectivity index (χ3v) is 5.31. The van der Waals surface area contributed by atoms with Gasteiger partial charge in [0, 0.05) is 12.6 Å². The van der Waals surface area contributed by atoms with Crippen LogP contribution in [0.4, 0.5) is 0 Å². The highest BCUT2D eigenvalue weighted by atomic mass is 15.1. The minimum atomic E-state index is -0.252. The number of nitriles is 1. The molecule has 1 saturated carbocycles. The van der Waals surface area contributed by atoms with Gasteiger partial charge in [-0.2, -0.15) is 5.26 Å². The number of rotatable bonds is 6. The van der Waals surface area contributed by atoms with Gasteiger partial charge in [-0.1, -0.05) is 19.8 Å². The van der Waals surface area contributed by atoms with Crippen LogP contribution in [-0.4, -0.2) is 36.1 Å². The summed E-state index contributed by atoms with van der Waals surface area (Å²) in [5, 5.41) is 13.3. The summed E-state index contributed by atoms with van der Waals surface area (Å²) in [7, 11) is 0. The van der Waals surface area contributed by atoms with E-state index in [9.17, 15) is 5.26 Å². The number of nitrogens with one attached hydrogen (secondary N) is 1. The van der Waals surface area contributed by atoms with Crippen molar-refractivity contribution in [3.63, 3.8) is 0 Å². The summed E-state index contributed by atoms with van der Waals surface area (Å²) in [6.07, 6.45) is 7.33. The Morgan fingerprint density at radius 2 is 2.20 bits per heavy atom. The Hall–Kier alpha value is -0.590. The Bertz CT molecular complexity index is 347. The van der Waals surface area contributed by atoms with Gasteiger partial charge in [-0.05, 0) is 64.5 Å². The first-order valence-electron chi connectivity index (χ1n) is 8.51. The first-order valence-corrected chi connectivity index (χ1v) is 8.51. The molecule has 0 radical (unpaired) electrons. The molecule has 3 nitrogen and oxygen atoms in total. The number of likely N-dealkylation sites (tertiary alicyclic amines) is 1. The average molecular weight is 277 g/mol. The van der Waals surface area contributed by atoms with Gasteiger partial charge >= 0.3 is 0 Å². The topological polar surface area (TPSA) is 39.1 Å². The largest absolute Gasteiger partial charge is 0.303 e. The molecule has 1 aliphatic carbocycles. The minimum absolute atomic E-state index is 0.252. The maximum Gasteiger partial charge on any atom is 0.109 e. The van der Waals surface area contributed by atoms with E-state index in [0.29, 0.717) is 12.0 Å². The Morgan fingerprint density at radius 3 is 2.80 bits per heavy atom. The molecule has 1 heterocycles. The molecule has 2 fully saturated rings. The van der Waals surface area contributed by atoms with Crippen molar-refractivity contribution >= 4 is 0 Å². The van der Waals surface area contributed by atoms with E-state index in [1.165, 1.54) is 51.7 Å². The van der Waals surface area contributed by atoms with Crippen molar-refractivity contribution in [3.05, 3.63) is 0 Å². The first-order chi connectivity index (χ1) is 9.59. The summed E-state index contributed by atoms with van der Waals surface area (Å²) in [6, 6.07) is 3.02. The van der Waals surface area contributed by atoms with Gasteiger partial charge in [-0.3, -0.25) is 5.32 Å². The molecular formula is C17H31N3. The summed E-state index contributed by atoms with van der Waals surface area (Å²) in [6.45, 7) is 10.3. The normalized spacial score (nSPS) is 34.8. The second-order valence-corrected chi connectivity index (χ2v) is 7.12. The lowest BCUT2D eigenvalue weighted by Crippen LogP contribution is -2.50. The van der Waals surface area contributed by atoms with E-state index < -0.39 is 0 Å². The van der Waals surface area contributed by atoms with Crippen molar-refractivity contribution in [3.8, 4) is 6.07 Å². The summed E-state index contributed by atoms with van der Waals surface area (Å²) < 4.78 is 0. The predicted molar refractivity (Wildman–Crippen MR) is 83.4 cm³/mol. The van der Waals surface area contributed by atoms with Gasteiger partial charge in [0.1, 0.15) is 5.54 Å². The molecule has 20 heavy (non-hydrogen) atoms. The van der Waals surface area contributed by atoms with Crippen LogP contribution in [0.5, 0.6) is 0 Å². The van der Waals surface area contributed by atoms with Crippen LogP contribution in [0.15, 0.2) is 0 Å². The molecular weight excluding hydrogens is 246 g/mol. The monoisotopic (exact) mass is 277 g/mol. The zero-order valence-electron chi connectivity index (χ0n) is 13.5. The zero-order valence-corrected chi connectivity index (χ0v) is 13.5. The van der Waals surface area contributed by atoms with Crippen LogP contribution >= 0.6 is 0 Å². The lowest BCUT2D eigenvalue weighted by molar-refractivity contribution is 0.236. The lowest BCUT2D eigenvalue weighted by atomic mass is 9.85. The van der Waals surface area contributed by atoms with E-state index in [4.69, 9.17) is 0 Å². The van der Waals surface area contributed by atoms with Gasteiger partial charge in [0.2, 0.25) is 0 Å². The van der Waals surface area contributed by atoms with E-state index in [0.717, 1.165) is 12.3 Å². The van der Waals surface area contributed by atoms with Crippen LogP contribution in [0.25, 0.3) is 0 Å². The minimum Gasteiger partial charge on any atom is -0.303 e. The van der Waals surface area contributed by atoms with E-state index in [1.54, 1.807) is 0 Å². The van der Waals surface area contributed by atoms with Crippen molar-refractivity contribution in [2.45, 2.75) is 70.9 Å². The van der Waals surface area contributed by atoms with Gasteiger partial charge < -0.3 is 4.90 Å². The van der Waals surface area contributed by atoms with Crippen LogP contribution < -0.4 is 5.32 Å². The molecule has 3 heteroatoms. The Morgan fingerprint density at radius 1 is 1.40 bits per heavy atom. The van der Waals surface area contributed by atoms with Gasteiger partial charge in [-0.15, -0.1) is 0 Å². The molecule has 114 valence electrons. The SMILES string of the molecule is CCC1CCN(CCC2CCCC2(C#N)NC(C)C)C1. The van der Waals surface area contributed by atoms with Gasteiger partial charge in [0.25, 0.3) is 0 Å². The molecule has 0 aromatic rings. The lowest BCUT2D eigenvalue weighted by Gasteiger charge is -2.33. The number of hydrogen-bond donors (Lipinski definition) is 1. The smallest absolute Gasteiger partial charge is 0.109 e. The molecule has 0 amide bonds. The van der Waals surface area contributed by atoms with Crippen LogP contribution in [0.3, 0.4) is 0 Å². The van der Waals surface area contributed by atoms with Crippen molar-refractivity contribution < 1.29 is 0 Å². The molecule has 0 spiro atoms. The van der Waals surface area contributed by atoms with Crippen molar-refractivity contribution in [2.24, 2.45) is 11.8 Å². The number of hydrogen-bond acceptors (Lipinski definition) is 3. The molecule has 0 aromatic carbocycles. The van der Waals surface area contributed by atoms with Crippen LogP contribution in [0.2, 0.25) is 0 Å². The third-order valence-electron chi connectivity index (χ3n) is 5.31. The highest BCUT2D eigenvalue weighted by Crippen LogP contribution is 2.38. The molecule has 3 unspecified atom stereocenters. The highest BCUT2D eigenvalue weighted by molar-refractivity contribution is 5.14. The fourth-order valence-corrected chi connectivity index (χ4v) is 4.14. The van der Waals surface area contributed by atoms with Crippen LogP contribution in [0.1, 0.15) is 59.3 Å². The van der Waals surface area contributed by atoms with Crippen LogP contribution in [0, 0.1) is 23.2 Å². The van der Waals surface area contributed by atoms with E-state index in [2.05, 4.69) is 37.1 Å². The average Bonchev–Trinajstić information content (AvgIpc) is 3.02. The summed E-state index contributed by atoms with van der Waals surface area (Å²) >= 11 is 0. The van der Waals surface area contributed by atoms with E-state index >= 15 is 0 Å². The van der Waals surface area contributed by atoms with Crippen molar-refractivity contribution in [1.82, 2.24) is 10.2 Å². The first kappa shape index (κ1) is 15.8. The second kappa shape index (κ2) is 6.91. The summed E-state index contributed by atoms with van der Waals surface area (Å²) in [4.78, 5) is 2.62. The Labute approximate surface area is 124 Å². The van der Waals surface area contributed by atoms with E-state index in [-0.39, 0.29) is 5.54 Å². The quantitative estimate of drug-likeness (QED) is 0.810.